The fourth-order valence-electron chi connectivity index (χ4n) is 4.79. The van der Waals surface area contributed by atoms with Gasteiger partial charge in [-0.25, -0.2) is 0 Å². The van der Waals surface area contributed by atoms with Gasteiger partial charge in [0, 0.05) is 12.0 Å². The third-order valence-electron chi connectivity index (χ3n) is 6.63. The predicted molar refractivity (Wildman–Crippen MR) is 95.2 cm³/mol. The molecule has 0 spiro atoms. The largest absolute Gasteiger partial charge is 0.330 e. The maximum atomic E-state index is 6.18. The van der Waals surface area contributed by atoms with E-state index in [4.69, 9.17) is 5.73 Å². The zero-order chi connectivity index (χ0) is 15.8. The van der Waals surface area contributed by atoms with Gasteiger partial charge >= 0.3 is 0 Å². The highest BCUT2D eigenvalue weighted by Gasteiger charge is 2.40. The Hall–Kier alpha value is -0.820. The molecule has 2 aliphatic rings. The number of rotatable bonds is 3. The maximum absolute atomic E-state index is 6.18. The lowest BCUT2D eigenvalue weighted by atomic mass is 9.61. The molecule has 1 aromatic carbocycles. The van der Waals surface area contributed by atoms with Crippen LogP contribution in [0, 0.1) is 11.3 Å². The van der Waals surface area contributed by atoms with Crippen molar-refractivity contribution >= 4 is 0 Å². The molecule has 1 nitrogen and oxygen atoms in total. The molecular formula is C21H33N. The molecule has 3 rings (SSSR count). The van der Waals surface area contributed by atoms with Crippen LogP contribution in [0.25, 0.3) is 0 Å². The summed E-state index contributed by atoms with van der Waals surface area (Å²) in [6, 6.07) is 9.22. The van der Waals surface area contributed by atoms with E-state index in [1.165, 1.54) is 44.9 Å². The van der Waals surface area contributed by atoms with Gasteiger partial charge in [0.1, 0.15) is 0 Å². The van der Waals surface area contributed by atoms with Gasteiger partial charge in [0.2, 0.25) is 0 Å². The number of nitrogens with two attached hydrogens (primary N) is 1. The number of benzene rings is 1. The molecule has 0 aliphatic heterocycles. The van der Waals surface area contributed by atoms with Crippen LogP contribution in [0.15, 0.2) is 24.3 Å². The molecule has 2 fully saturated rings. The summed E-state index contributed by atoms with van der Waals surface area (Å²) in [7, 11) is 0. The third kappa shape index (κ3) is 2.85. The van der Waals surface area contributed by atoms with E-state index < -0.39 is 0 Å². The molecule has 0 bridgehead atoms. The Morgan fingerprint density at radius 1 is 1.05 bits per heavy atom. The molecule has 0 unspecified atom stereocenters. The van der Waals surface area contributed by atoms with Gasteiger partial charge in [-0.3, -0.25) is 0 Å². The molecule has 2 saturated carbocycles. The first kappa shape index (κ1) is 16.1. The van der Waals surface area contributed by atoms with Crippen molar-refractivity contribution in [1.29, 1.82) is 0 Å². The minimum atomic E-state index is 0.303. The first-order valence-electron chi connectivity index (χ1n) is 9.26. The highest BCUT2D eigenvalue weighted by atomic mass is 14.6. The lowest BCUT2D eigenvalue weighted by Crippen LogP contribution is -2.42. The van der Waals surface area contributed by atoms with Crippen LogP contribution in [0.1, 0.15) is 82.8 Å². The number of hydrogen-bond acceptors (Lipinski definition) is 1. The van der Waals surface area contributed by atoms with Crippen molar-refractivity contribution in [2.45, 2.75) is 77.0 Å². The summed E-state index contributed by atoms with van der Waals surface area (Å²) in [5.41, 5.74) is 10.2. The Morgan fingerprint density at radius 2 is 1.68 bits per heavy atom. The van der Waals surface area contributed by atoms with Crippen molar-refractivity contribution in [2.24, 2.45) is 17.1 Å². The van der Waals surface area contributed by atoms with Gasteiger partial charge in [0.25, 0.3) is 0 Å². The highest BCUT2D eigenvalue weighted by Crippen LogP contribution is 2.49. The average molecular weight is 300 g/mol. The Labute approximate surface area is 136 Å². The van der Waals surface area contributed by atoms with Crippen molar-refractivity contribution in [3.8, 4) is 0 Å². The standard InChI is InChI=1S/C21H33N/c1-20(2,3)17-11-9-16(10-12-17)18-7-4-5-8-19(18)21(15-22)13-6-14-21/h4-5,7-8,16-17H,6,9-15,22H2,1-3H3. The Morgan fingerprint density at radius 3 is 2.18 bits per heavy atom. The zero-order valence-electron chi connectivity index (χ0n) is 14.7. The van der Waals surface area contributed by atoms with Crippen molar-refractivity contribution < 1.29 is 0 Å². The van der Waals surface area contributed by atoms with Crippen LogP contribution in [0.4, 0.5) is 0 Å². The summed E-state index contributed by atoms with van der Waals surface area (Å²) < 4.78 is 0. The van der Waals surface area contributed by atoms with Gasteiger partial charge in [-0.2, -0.15) is 0 Å². The summed E-state index contributed by atoms with van der Waals surface area (Å²) in [4.78, 5) is 0. The maximum Gasteiger partial charge on any atom is 0.00784 e. The monoisotopic (exact) mass is 299 g/mol. The fourth-order valence-corrected chi connectivity index (χ4v) is 4.79. The van der Waals surface area contributed by atoms with Crippen molar-refractivity contribution in [1.82, 2.24) is 0 Å². The summed E-state index contributed by atoms with van der Waals surface area (Å²) in [6.07, 6.45) is 9.42. The van der Waals surface area contributed by atoms with Crippen molar-refractivity contribution in [3.63, 3.8) is 0 Å². The van der Waals surface area contributed by atoms with Crippen LogP contribution in [-0.2, 0) is 5.41 Å². The van der Waals surface area contributed by atoms with Gasteiger partial charge < -0.3 is 5.73 Å². The van der Waals surface area contributed by atoms with Gasteiger partial charge in [0.15, 0.2) is 0 Å². The van der Waals surface area contributed by atoms with E-state index in [9.17, 15) is 0 Å². The second-order valence-electron chi connectivity index (χ2n) is 8.84. The second-order valence-corrected chi connectivity index (χ2v) is 8.84. The molecular weight excluding hydrogens is 266 g/mol. The quantitative estimate of drug-likeness (QED) is 0.796. The molecule has 22 heavy (non-hydrogen) atoms. The van der Waals surface area contributed by atoms with E-state index in [2.05, 4.69) is 45.0 Å². The molecule has 0 saturated heterocycles. The summed E-state index contributed by atoms with van der Waals surface area (Å²) >= 11 is 0. The molecule has 0 atom stereocenters. The van der Waals surface area contributed by atoms with E-state index in [1.807, 2.05) is 0 Å². The Balaban J connectivity index is 1.79. The molecule has 0 heterocycles. The van der Waals surface area contributed by atoms with Crippen LogP contribution >= 0.6 is 0 Å². The van der Waals surface area contributed by atoms with Gasteiger partial charge in [-0.05, 0) is 66.9 Å². The average Bonchev–Trinajstić information content (AvgIpc) is 2.47. The van der Waals surface area contributed by atoms with Crippen LogP contribution in [-0.4, -0.2) is 6.54 Å². The van der Waals surface area contributed by atoms with Crippen LogP contribution in [0.3, 0.4) is 0 Å². The smallest absolute Gasteiger partial charge is 0.00784 e. The lowest BCUT2D eigenvalue weighted by Gasteiger charge is -2.44. The minimum absolute atomic E-state index is 0.303. The summed E-state index contributed by atoms with van der Waals surface area (Å²) in [6.45, 7) is 8.04. The predicted octanol–water partition coefficient (Wildman–Crippen LogP) is 5.39. The van der Waals surface area contributed by atoms with E-state index in [0.717, 1.165) is 18.4 Å². The molecule has 0 radical (unpaired) electrons. The summed E-state index contributed by atoms with van der Waals surface area (Å²) in [5, 5.41) is 0. The molecule has 1 aromatic rings. The first-order chi connectivity index (χ1) is 10.5. The second kappa shape index (κ2) is 6.00. The molecule has 1 heteroatoms. The normalized spacial score (nSPS) is 28.2. The first-order valence-corrected chi connectivity index (χ1v) is 9.26. The highest BCUT2D eigenvalue weighted by molar-refractivity contribution is 5.39. The minimum Gasteiger partial charge on any atom is -0.330 e. The molecule has 0 aromatic heterocycles. The molecule has 2 aliphatic carbocycles. The van der Waals surface area contributed by atoms with Crippen molar-refractivity contribution in [3.05, 3.63) is 35.4 Å². The molecule has 122 valence electrons. The molecule has 2 N–H and O–H groups in total. The zero-order valence-corrected chi connectivity index (χ0v) is 14.7. The van der Waals surface area contributed by atoms with E-state index >= 15 is 0 Å². The third-order valence-corrected chi connectivity index (χ3v) is 6.63. The molecule has 0 amide bonds. The summed E-state index contributed by atoms with van der Waals surface area (Å²) in [5.74, 6) is 1.65. The van der Waals surface area contributed by atoms with E-state index in [0.29, 0.717) is 10.8 Å². The van der Waals surface area contributed by atoms with E-state index in [1.54, 1.807) is 11.1 Å². The lowest BCUT2D eigenvalue weighted by molar-refractivity contribution is 0.167. The van der Waals surface area contributed by atoms with Gasteiger partial charge in [0.05, 0.1) is 0 Å². The van der Waals surface area contributed by atoms with Crippen molar-refractivity contribution in [2.75, 3.05) is 6.54 Å². The van der Waals surface area contributed by atoms with Gasteiger partial charge in [-0.1, -0.05) is 51.5 Å². The van der Waals surface area contributed by atoms with Gasteiger partial charge in [-0.15, -0.1) is 0 Å². The Bertz CT molecular complexity index is 493. The Kier molecular flexibility index (Phi) is 4.38. The SMILES string of the molecule is CC(C)(C)C1CCC(c2ccccc2C2(CN)CCC2)CC1. The topological polar surface area (TPSA) is 26.0 Å². The van der Waals surface area contributed by atoms with E-state index in [-0.39, 0.29) is 0 Å². The number of hydrogen-bond donors (Lipinski definition) is 1. The fraction of sp³-hybridized carbons (Fsp3) is 0.714. The van der Waals surface area contributed by atoms with Crippen LogP contribution in [0.5, 0.6) is 0 Å². The van der Waals surface area contributed by atoms with Crippen LogP contribution < -0.4 is 5.73 Å². The van der Waals surface area contributed by atoms with Crippen LogP contribution in [0.2, 0.25) is 0 Å².